The highest BCUT2D eigenvalue weighted by atomic mass is 32.1. The Morgan fingerprint density at radius 1 is 1.06 bits per heavy atom. The Hall–Kier alpha value is -3.65. The minimum Gasteiger partial charge on any atom is -0.486 e. The summed E-state index contributed by atoms with van der Waals surface area (Å²) < 4.78 is 13.0. The molecule has 1 aromatic carbocycles. The Morgan fingerprint density at radius 2 is 1.91 bits per heavy atom. The molecule has 0 fully saturated rings. The number of carbonyl (C=O) groups is 1. The van der Waals surface area contributed by atoms with Crippen LogP contribution in [0.4, 0.5) is 0 Å². The Kier molecular flexibility index (Phi) is 5.36. The molecule has 0 bridgehead atoms. The molecule has 5 rings (SSSR count). The molecule has 1 aliphatic rings. The number of benzene rings is 1. The number of fused-ring (bicyclic) bond motifs is 1. The molecule has 0 radical (unpaired) electrons. The summed E-state index contributed by atoms with van der Waals surface area (Å²) in [6.45, 7) is 5.47. The van der Waals surface area contributed by atoms with E-state index in [2.05, 4.69) is 15.4 Å². The molecular weight excluding hydrogens is 424 g/mol. The molecule has 1 aliphatic heterocycles. The van der Waals surface area contributed by atoms with Gasteiger partial charge in [0.1, 0.15) is 13.2 Å². The molecule has 4 heterocycles. The number of carbonyl (C=O) groups excluding carboxylic acids is 1. The van der Waals surface area contributed by atoms with Crippen LogP contribution in [0.25, 0.3) is 16.3 Å². The first kappa shape index (κ1) is 20.3. The number of hydrogen-bond donors (Lipinski definition) is 1. The third kappa shape index (κ3) is 4.09. The predicted octanol–water partition coefficient (Wildman–Crippen LogP) is 4.31. The molecule has 162 valence electrons. The number of amides is 1. The number of rotatable bonds is 5. The minimum absolute atomic E-state index is 0.110. The maximum atomic E-state index is 12.7. The summed E-state index contributed by atoms with van der Waals surface area (Å²) in [5, 5.41) is 7.42. The first-order chi connectivity index (χ1) is 15.6. The third-order valence-electron chi connectivity index (χ3n) is 5.15. The summed E-state index contributed by atoms with van der Waals surface area (Å²) in [6, 6.07) is 15.5. The molecule has 1 amide bonds. The summed E-state index contributed by atoms with van der Waals surface area (Å²) >= 11 is 1.45. The van der Waals surface area contributed by atoms with Crippen molar-refractivity contribution in [2.24, 2.45) is 0 Å². The van der Waals surface area contributed by atoms with E-state index in [1.807, 2.05) is 67.1 Å². The van der Waals surface area contributed by atoms with Crippen molar-refractivity contribution in [3.63, 3.8) is 0 Å². The fourth-order valence-corrected chi connectivity index (χ4v) is 4.51. The van der Waals surface area contributed by atoms with E-state index in [9.17, 15) is 4.79 Å². The fraction of sp³-hybridized carbons (Fsp3) is 0.208. The quantitative estimate of drug-likeness (QED) is 0.494. The molecule has 3 aromatic heterocycles. The van der Waals surface area contributed by atoms with Gasteiger partial charge in [-0.15, -0.1) is 11.3 Å². The van der Waals surface area contributed by atoms with Gasteiger partial charge in [0.15, 0.2) is 17.3 Å². The maximum Gasteiger partial charge on any atom is 0.261 e. The van der Waals surface area contributed by atoms with Crippen LogP contribution in [-0.2, 0) is 6.54 Å². The highest BCUT2D eigenvalue weighted by Crippen LogP contribution is 2.36. The van der Waals surface area contributed by atoms with Gasteiger partial charge in [0.25, 0.3) is 5.91 Å². The van der Waals surface area contributed by atoms with Gasteiger partial charge < -0.3 is 14.8 Å². The smallest absolute Gasteiger partial charge is 0.261 e. The second-order valence-electron chi connectivity index (χ2n) is 7.57. The first-order valence-corrected chi connectivity index (χ1v) is 11.1. The topological polar surface area (TPSA) is 78.3 Å². The summed E-state index contributed by atoms with van der Waals surface area (Å²) in [6.07, 6.45) is 1.76. The number of nitrogens with zero attached hydrogens (tertiary/aromatic N) is 3. The van der Waals surface area contributed by atoms with E-state index in [0.717, 1.165) is 44.7 Å². The van der Waals surface area contributed by atoms with Crippen molar-refractivity contribution >= 4 is 17.2 Å². The van der Waals surface area contributed by atoms with Gasteiger partial charge in [-0.1, -0.05) is 6.07 Å². The van der Waals surface area contributed by atoms with Crippen LogP contribution < -0.4 is 14.8 Å². The minimum atomic E-state index is -0.110. The van der Waals surface area contributed by atoms with Gasteiger partial charge >= 0.3 is 0 Å². The molecule has 0 saturated heterocycles. The van der Waals surface area contributed by atoms with Crippen molar-refractivity contribution < 1.29 is 14.3 Å². The van der Waals surface area contributed by atoms with Crippen LogP contribution in [0, 0.1) is 13.8 Å². The van der Waals surface area contributed by atoms with Crippen LogP contribution in [0.3, 0.4) is 0 Å². The average Bonchev–Trinajstić information content (AvgIpc) is 3.44. The van der Waals surface area contributed by atoms with Crippen LogP contribution in [0.1, 0.15) is 26.6 Å². The second kappa shape index (κ2) is 8.47. The second-order valence-corrected chi connectivity index (χ2v) is 8.65. The number of pyridine rings is 1. The Bertz CT molecular complexity index is 1280. The Labute approximate surface area is 189 Å². The molecule has 0 unspecified atom stereocenters. The maximum absolute atomic E-state index is 12.7. The molecule has 8 heteroatoms. The van der Waals surface area contributed by atoms with Crippen LogP contribution >= 0.6 is 11.3 Å². The molecule has 0 spiro atoms. The number of hydrogen-bond acceptors (Lipinski definition) is 6. The lowest BCUT2D eigenvalue weighted by Crippen LogP contribution is -2.21. The summed E-state index contributed by atoms with van der Waals surface area (Å²) in [7, 11) is 0. The van der Waals surface area contributed by atoms with Gasteiger partial charge in [-0.3, -0.25) is 4.79 Å². The van der Waals surface area contributed by atoms with E-state index in [4.69, 9.17) is 9.47 Å². The standard InChI is InChI=1S/C24H22N4O3S/c1-15-11-16(2)28(27-15)23-8-3-17(13-25-23)14-26-24(29)22-7-6-21(32-22)18-4-5-19-20(12-18)31-10-9-30-19/h3-8,11-13H,9-10,14H2,1-2H3,(H,26,29). The number of aromatic nitrogens is 3. The zero-order valence-electron chi connectivity index (χ0n) is 17.8. The molecule has 1 N–H and O–H groups in total. The van der Waals surface area contributed by atoms with Crippen molar-refractivity contribution in [2.45, 2.75) is 20.4 Å². The lowest BCUT2D eigenvalue weighted by atomic mass is 10.1. The molecule has 7 nitrogen and oxygen atoms in total. The lowest BCUT2D eigenvalue weighted by Gasteiger charge is -2.18. The van der Waals surface area contributed by atoms with Crippen molar-refractivity contribution in [1.82, 2.24) is 20.1 Å². The summed E-state index contributed by atoms with van der Waals surface area (Å²) in [5.74, 6) is 2.14. The van der Waals surface area contributed by atoms with Crippen molar-refractivity contribution in [3.05, 3.63) is 76.6 Å². The van der Waals surface area contributed by atoms with Gasteiger partial charge in [-0.05, 0) is 67.4 Å². The zero-order valence-corrected chi connectivity index (χ0v) is 18.6. The molecule has 32 heavy (non-hydrogen) atoms. The summed E-state index contributed by atoms with van der Waals surface area (Å²) in [5.41, 5.74) is 3.91. The largest absolute Gasteiger partial charge is 0.486 e. The lowest BCUT2D eigenvalue weighted by molar-refractivity contribution is 0.0955. The van der Waals surface area contributed by atoms with Gasteiger partial charge in [-0.2, -0.15) is 5.10 Å². The van der Waals surface area contributed by atoms with Crippen molar-refractivity contribution in [3.8, 4) is 27.8 Å². The molecule has 0 atom stereocenters. The van der Waals surface area contributed by atoms with Crippen LogP contribution in [0.15, 0.2) is 54.7 Å². The van der Waals surface area contributed by atoms with E-state index in [1.54, 1.807) is 6.20 Å². The van der Waals surface area contributed by atoms with Crippen LogP contribution in [-0.4, -0.2) is 33.9 Å². The first-order valence-electron chi connectivity index (χ1n) is 10.3. The van der Waals surface area contributed by atoms with Gasteiger partial charge in [0.05, 0.1) is 10.6 Å². The molecular formula is C24H22N4O3S. The number of nitrogens with one attached hydrogen (secondary N) is 1. The van der Waals surface area contributed by atoms with E-state index in [1.165, 1.54) is 11.3 Å². The Morgan fingerprint density at radius 3 is 2.66 bits per heavy atom. The highest BCUT2D eigenvalue weighted by Gasteiger charge is 2.15. The van der Waals surface area contributed by atoms with Crippen LogP contribution in [0.2, 0.25) is 0 Å². The normalized spacial score (nSPS) is 12.6. The highest BCUT2D eigenvalue weighted by molar-refractivity contribution is 7.17. The number of aryl methyl sites for hydroxylation is 2. The van der Waals surface area contributed by atoms with E-state index in [-0.39, 0.29) is 5.91 Å². The van der Waals surface area contributed by atoms with Gasteiger partial charge in [-0.25, -0.2) is 9.67 Å². The number of thiophene rings is 1. The van der Waals surface area contributed by atoms with Crippen LogP contribution in [0.5, 0.6) is 11.5 Å². The third-order valence-corrected chi connectivity index (χ3v) is 6.28. The Balaban J connectivity index is 1.23. The number of ether oxygens (including phenoxy) is 2. The summed E-state index contributed by atoms with van der Waals surface area (Å²) in [4.78, 5) is 18.8. The molecule has 0 saturated carbocycles. The van der Waals surface area contributed by atoms with E-state index in [0.29, 0.717) is 24.6 Å². The molecule has 0 aliphatic carbocycles. The SMILES string of the molecule is Cc1cc(C)n(-c2ccc(CNC(=O)c3ccc(-c4ccc5c(c4)OCCO5)s3)cn2)n1. The zero-order chi connectivity index (χ0) is 22.1. The van der Waals surface area contributed by atoms with E-state index < -0.39 is 0 Å². The van der Waals surface area contributed by atoms with Crippen molar-refractivity contribution in [1.29, 1.82) is 0 Å². The van der Waals surface area contributed by atoms with Crippen molar-refractivity contribution in [2.75, 3.05) is 13.2 Å². The van der Waals surface area contributed by atoms with Gasteiger partial charge in [0, 0.05) is 23.3 Å². The molecule has 4 aromatic rings. The average molecular weight is 447 g/mol. The van der Waals surface area contributed by atoms with Gasteiger partial charge in [0.2, 0.25) is 0 Å². The monoisotopic (exact) mass is 446 g/mol. The fourth-order valence-electron chi connectivity index (χ4n) is 3.59. The predicted molar refractivity (Wildman–Crippen MR) is 123 cm³/mol. The van der Waals surface area contributed by atoms with E-state index >= 15 is 0 Å².